The Bertz CT molecular complexity index is 843. The summed E-state index contributed by atoms with van der Waals surface area (Å²) in [6.07, 6.45) is 6.29. The number of amides is 1. The van der Waals surface area contributed by atoms with Crippen molar-refractivity contribution in [3.05, 3.63) is 46.4 Å². The number of anilines is 2. The summed E-state index contributed by atoms with van der Waals surface area (Å²) >= 11 is 0. The Hall–Kier alpha value is -2.70. The van der Waals surface area contributed by atoms with Crippen LogP contribution in [0.5, 0.6) is 0 Å². The molecule has 1 fully saturated rings. The number of aromatic nitrogens is 3. The molecule has 0 radical (unpaired) electrons. The molecule has 1 aliphatic carbocycles. The monoisotopic (exact) mass is 325 g/mol. The second kappa shape index (κ2) is 5.74. The Morgan fingerprint density at radius 1 is 1.29 bits per heavy atom. The maximum absolute atomic E-state index is 13.0. The first kappa shape index (κ1) is 14.9. The molecule has 7 nitrogen and oxygen atoms in total. The van der Waals surface area contributed by atoms with Crippen LogP contribution in [0.4, 0.5) is 11.4 Å². The van der Waals surface area contributed by atoms with E-state index in [9.17, 15) is 9.59 Å². The van der Waals surface area contributed by atoms with Crippen LogP contribution >= 0.6 is 0 Å². The van der Waals surface area contributed by atoms with Crippen molar-refractivity contribution >= 4 is 17.3 Å². The fourth-order valence-corrected chi connectivity index (χ4v) is 3.10. The SMILES string of the molecule is CN1CCCN(C(=O)c2cc(=O)[nH]c(C3CC3)n2)c2cnccc21. The molecule has 0 aromatic carbocycles. The van der Waals surface area contributed by atoms with Crippen LogP contribution in [0.25, 0.3) is 0 Å². The summed E-state index contributed by atoms with van der Waals surface area (Å²) in [5.41, 5.74) is 1.66. The summed E-state index contributed by atoms with van der Waals surface area (Å²) in [5, 5.41) is 0. The molecule has 4 rings (SSSR count). The Kier molecular flexibility index (Phi) is 3.55. The standard InChI is InChI=1S/C17H19N5O2/c1-21-7-2-8-22(14-10-18-6-5-13(14)21)17(24)12-9-15(23)20-16(19-12)11-3-4-11/h5-6,9-11H,2-4,7-8H2,1H3,(H,19,20,23). The third kappa shape index (κ3) is 2.66. The van der Waals surface area contributed by atoms with Gasteiger partial charge in [0.2, 0.25) is 0 Å². The highest BCUT2D eigenvalue weighted by Crippen LogP contribution is 2.37. The molecule has 24 heavy (non-hydrogen) atoms. The summed E-state index contributed by atoms with van der Waals surface area (Å²) in [6.45, 7) is 1.44. The van der Waals surface area contributed by atoms with Crippen molar-refractivity contribution in [1.29, 1.82) is 0 Å². The fraction of sp³-hybridized carbons (Fsp3) is 0.412. The van der Waals surface area contributed by atoms with Crippen LogP contribution in [0.15, 0.2) is 29.3 Å². The van der Waals surface area contributed by atoms with Crippen LogP contribution < -0.4 is 15.4 Å². The number of H-pyrrole nitrogens is 1. The predicted octanol–water partition coefficient (Wildman–Crippen LogP) is 1.53. The molecular formula is C17H19N5O2. The highest BCUT2D eigenvalue weighted by Gasteiger charge is 2.29. The molecule has 0 saturated heterocycles. The molecule has 1 aliphatic heterocycles. The van der Waals surface area contributed by atoms with E-state index in [0.717, 1.165) is 37.2 Å². The quantitative estimate of drug-likeness (QED) is 0.905. The number of rotatable bonds is 2. The molecule has 7 heteroatoms. The van der Waals surface area contributed by atoms with Gasteiger partial charge in [-0.25, -0.2) is 4.98 Å². The lowest BCUT2D eigenvalue weighted by Gasteiger charge is -2.23. The van der Waals surface area contributed by atoms with Gasteiger partial charge in [0.1, 0.15) is 11.5 Å². The van der Waals surface area contributed by atoms with Crippen molar-refractivity contribution in [2.75, 3.05) is 29.9 Å². The molecular weight excluding hydrogens is 306 g/mol. The van der Waals surface area contributed by atoms with Gasteiger partial charge >= 0.3 is 0 Å². The highest BCUT2D eigenvalue weighted by atomic mass is 16.2. The van der Waals surface area contributed by atoms with Gasteiger partial charge in [-0.15, -0.1) is 0 Å². The van der Waals surface area contributed by atoms with Gasteiger partial charge in [-0.3, -0.25) is 14.6 Å². The highest BCUT2D eigenvalue weighted by molar-refractivity contribution is 6.06. The number of hydrogen-bond donors (Lipinski definition) is 1. The summed E-state index contributed by atoms with van der Waals surface area (Å²) in [5.74, 6) is 0.673. The van der Waals surface area contributed by atoms with Gasteiger partial charge in [-0.05, 0) is 25.3 Å². The summed E-state index contributed by atoms with van der Waals surface area (Å²) in [4.78, 5) is 40.1. The smallest absolute Gasteiger partial charge is 0.277 e. The van der Waals surface area contributed by atoms with Gasteiger partial charge in [0.05, 0.1) is 17.6 Å². The van der Waals surface area contributed by atoms with E-state index in [1.54, 1.807) is 17.3 Å². The van der Waals surface area contributed by atoms with Crippen molar-refractivity contribution < 1.29 is 4.79 Å². The lowest BCUT2D eigenvalue weighted by molar-refractivity contribution is 0.0982. The molecule has 1 N–H and O–H groups in total. The maximum Gasteiger partial charge on any atom is 0.277 e. The lowest BCUT2D eigenvalue weighted by atomic mass is 10.2. The van der Waals surface area contributed by atoms with E-state index in [4.69, 9.17) is 0 Å². The number of fused-ring (bicyclic) bond motifs is 1. The Morgan fingerprint density at radius 2 is 2.12 bits per heavy atom. The van der Waals surface area contributed by atoms with E-state index in [1.807, 2.05) is 13.1 Å². The van der Waals surface area contributed by atoms with E-state index in [0.29, 0.717) is 12.4 Å². The fourth-order valence-electron chi connectivity index (χ4n) is 3.10. The van der Waals surface area contributed by atoms with Gasteiger partial charge in [-0.2, -0.15) is 0 Å². The number of carbonyl (C=O) groups is 1. The molecule has 0 unspecified atom stereocenters. The van der Waals surface area contributed by atoms with Crippen molar-refractivity contribution in [1.82, 2.24) is 15.0 Å². The molecule has 0 bridgehead atoms. The third-order valence-corrected chi connectivity index (χ3v) is 4.54. The van der Waals surface area contributed by atoms with Crippen LogP contribution in [0.3, 0.4) is 0 Å². The first-order chi connectivity index (χ1) is 11.6. The van der Waals surface area contributed by atoms with E-state index < -0.39 is 0 Å². The molecule has 0 atom stereocenters. The van der Waals surface area contributed by atoms with E-state index in [2.05, 4.69) is 19.9 Å². The minimum atomic E-state index is -0.270. The maximum atomic E-state index is 13.0. The lowest BCUT2D eigenvalue weighted by Crippen LogP contribution is -2.33. The van der Waals surface area contributed by atoms with Gasteiger partial charge in [0.15, 0.2) is 0 Å². The molecule has 0 spiro atoms. The molecule has 1 amide bonds. The molecule has 124 valence electrons. The Morgan fingerprint density at radius 3 is 2.92 bits per heavy atom. The van der Waals surface area contributed by atoms with E-state index in [-0.39, 0.29) is 23.1 Å². The van der Waals surface area contributed by atoms with Gasteiger partial charge in [-0.1, -0.05) is 0 Å². The average Bonchev–Trinajstić information content (AvgIpc) is 3.42. The minimum Gasteiger partial charge on any atom is -0.373 e. The van der Waals surface area contributed by atoms with Crippen molar-refractivity contribution in [2.45, 2.75) is 25.2 Å². The molecule has 2 aromatic heterocycles. The summed E-state index contributed by atoms with van der Waals surface area (Å²) in [7, 11) is 2.00. The van der Waals surface area contributed by atoms with Gasteiger partial charge in [0.25, 0.3) is 11.5 Å². The topological polar surface area (TPSA) is 82.2 Å². The van der Waals surface area contributed by atoms with Crippen molar-refractivity contribution in [2.24, 2.45) is 0 Å². The van der Waals surface area contributed by atoms with Crippen LogP contribution in [-0.2, 0) is 0 Å². The molecule has 2 aromatic rings. The largest absolute Gasteiger partial charge is 0.373 e. The number of aromatic amines is 1. The second-order valence-electron chi connectivity index (χ2n) is 6.39. The Labute approximate surface area is 139 Å². The number of carbonyl (C=O) groups excluding carboxylic acids is 1. The summed E-state index contributed by atoms with van der Waals surface area (Å²) in [6, 6.07) is 3.20. The first-order valence-corrected chi connectivity index (χ1v) is 8.22. The van der Waals surface area contributed by atoms with Crippen LogP contribution in [-0.4, -0.2) is 41.0 Å². The summed E-state index contributed by atoms with van der Waals surface area (Å²) < 4.78 is 0. The average molecular weight is 325 g/mol. The number of pyridine rings is 1. The van der Waals surface area contributed by atoms with Gasteiger partial charge < -0.3 is 14.8 Å². The van der Waals surface area contributed by atoms with Crippen molar-refractivity contribution in [3.63, 3.8) is 0 Å². The van der Waals surface area contributed by atoms with Crippen molar-refractivity contribution in [3.8, 4) is 0 Å². The third-order valence-electron chi connectivity index (χ3n) is 4.54. The zero-order valence-electron chi connectivity index (χ0n) is 13.5. The predicted molar refractivity (Wildman–Crippen MR) is 90.6 cm³/mol. The normalized spacial score (nSPS) is 17.4. The van der Waals surface area contributed by atoms with Crippen LogP contribution in [0.2, 0.25) is 0 Å². The van der Waals surface area contributed by atoms with Crippen LogP contribution in [0, 0.1) is 0 Å². The van der Waals surface area contributed by atoms with Crippen LogP contribution in [0.1, 0.15) is 41.5 Å². The zero-order chi connectivity index (χ0) is 16.7. The first-order valence-electron chi connectivity index (χ1n) is 8.22. The molecule has 2 aliphatic rings. The second-order valence-corrected chi connectivity index (χ2v) is 6.39. The molecule has 1 saturated carbocycles. The Balaban J connectivity index is 1.74. The number of nitrogens with one attached hydrogen (secondary N) is 1. The zero-order valence-corrected chi connectivity index (χ0v) is 13.5. The van der Waals surface area contributed by atoms with E-state index >= 15 is 0 Å². The molecule has 3 heterocycles. The number of nitrogens with zero attached hydrogens (tertiary/aromatic N) is 4. The number of hydrogen-bond acceptors (Lipinski definition) is 5. The van der Waals surface area contributed by atoms with Gasteiger partial charge in [0, 0.05) is 38.3 Å². The van der Waals surface area contributed by atoms with E-state index in [1.165, 1.54) is 6.07 Å². The minimum absolute atomic E-state index is 0.208.